The number of ether oxygens (including phenoxy) is 1. The number of fused-ring (bicyclic) bond motifs is 1. The maximum absolute atomic E-state index is 12.6. The summed E-state index contributed by atoms with van der Waals surface area (Å²) in [5.74, 6) is -3.29. The molecular formula is C19H20O7. The zero-order valence-electron chi connectivity index (χ0n) is 14.9. The van der Waals surface area contributed by atoms with Crippen molar-refractivity contribution in [3.05, 3.63) is 39.2 Å². The molecule has 0 aliphatic heterocycles. The Kier molecular flexibility index (Phi) is 5.92. The Morgan fingerprint density at radius 2 is 1.88 bits per heavy atom. The van der Waals surface area contributed by atoms with Gasteiger partial charge in [0.25, 0.3) is 0 Å². The molecule has 7 heteroatoms. The molecule has 1 aromatic heterocycles. The topological polar surface area (TPSA) is 111 Å². The van der Waals surface area contributed by atoms with Crippen molar-refractivity contribution < 1.29 is 28.6 Å². The van der Waals surface area contributed by atoms with Crippen LogP contribution < -0.4 is 5.63 Å². The minimum Gasteiger partial charge on any atom is -0.507 e. The molecule has 0 aliphatic carbocycles. The lowest BCUT2D eigenvalue weighted by Crippen LogP contribution is -2.21. The molecular weight excluding hydrogens is 340 g/mol. The number of rotatable bonds is 7. The molecule has 138 valence electrons. The molecule has 0 aliphatic rings. The molecule has 0 radical (unpaired) electrons. The second kappa shape index (κ2) is 7.95. The van der Waals surface area contributed by atoms with E-state index in [1.165, 1.54) is 13.0 Å². The van der Waals surface area contributed by atoms with Crippen LogP contribution in [0.2, 0.25) is 0 Å². The summed E-state index contributed by atoms with van der Waals surface area (Å²) in [7, 11) is 0. The first-order valence-corrected chi connectivity index (χ1v) is 8.32. The number of ketones is 2. The predicted octanol–water partition coefficient (Wildman–Crippen LogP) is 2.46. The van der Waals surface area contributed by atoms with Crippen LogP contribution in [0.3, 0.4) is 0 Å². The maximum atomic E-state index is 12.6. The fourth-order valence-corrected chi connectivity index (χ4v) is 2.73. The molecule has 0 atom stereocenters. The number of Topliss-reactive ketones (excluding diaryl/α,β-unsaturated/α-hetero) is 2. The number of aryl methyl sites for hydroxylation is 2. The highest BCUT2D eigenvalue weighted by molar-refractivity contribution is 6.38. The summed E-state index contributed by atoms with van der Waals surface area (Å²) in [5.41, 5.74) is 0.0603. The molecule has 1 aromatic carbocycles. The number of hydrogen-bond acceptors (Lipinski definition) is 7. The Hall–Kier alpha value is -2.96. The lowest BCUT2D eigenvalue weighted by atomic mass is 9.95. The lowest BCUT2D eigenvalue weighted by molar-refractivity contribution is -0.153. The zero-order chi connectivity index (χ0) is 19.4. The average molecular weight is 360 g/mol. The van der Waals surface area contributed by atoms with Gasteiger partial charge in [-0.25, -0.2) is 9.59 Å². The largest absolute Gasteiger partial charge is 0.507 e. The summed E-state index contributed by atoms with van der Waals surface area (Å²) in [6, 6.07) is 2.95. The minimum atomic E-state index is -1.12. The van der Waals surface area contributed by atoms with Crippen LogP contribution >= 0.6 is 0 Å². The molecule has 0 fully saturated rings. The van der Waals surface area contributed by atoms with Gasteiger partial charge in [0, 0.05) is 11.5 Å². The summed E-state index contributed by atoms with van der Waals surface area (Å²) in [5, 5.41) is 11.0. The highest BCUT2D eigenvalue weighted by atomic mass is 16.5. The van der Waals surface area contributed by atoms with Crippen LogP contribution in [0.1, 0.15) is 48.2 Å². The molecule has 26 heavy (non-hydrogen) atoms. The van der Waals surface area contributed by atoms with Gasteiger partial charge in [-0.05, 0) is 37.5 Å². The molecule has 1 N–H and O–H groups in total. The smallest absolute Gasteiger partial charge is 0.375 e. The molecule has 7 nitrogen and oxygen atoms in total. The Bertz CT molecular complexity index is 937. The van der Waals surface area contributed by atoms with Gasteiger partial charge in [0.15, 0.2) is 11.4 Å². The Labute approximate surface area is 149 Å². The molecule has 0 bridgehead atoms. The van der Waals surface area contributed by atoms with Crippen molar-refractivity contribution in [2.24, 2.45) is 0 Å². The van der Waals surface area contributed by atoms with Gasteiger partial charge in [-0.3, -0.25) is 9.59 Å². The second-order valence-electron chi connectivity index (χ2n) is 5.88. The molecule has 0 saturated carbocycles. The highest BCUT2D eigenvalue weighted by Crippen LogP contribution is 2.34. The van der Waals surface area contributed by atoms with Crippen LogP contribution in [0.5, 0.6) is 5.75 Å². The quantitative estimate of drug-likeness (QED) is 0.265. The number of aromatic hydroxyl groups is 1. The van der Waals surface area contributed by atoms with Crippen LogP contribution in [0.15, 0.2) is 21.3 Å². The summed E-state index contributed by atoms with van der Waals surface area (Å²) in [6.07, 6.45) is 0.422. The molecule has 2 aromatic rings. The van der Waals surface area contributed by atoms with Crippen molar-refractivity contribution >= 4 is 28.5 Å². The van der Waals surface area contributed by atoms with Crippen LogP contribution in [0, 0.1) is 6.92 Å². The van der Waals surface area contributed by atoms with Crippen molar-refractivity contribution in [1.82, 2.24) is 0 Å². The number of benzene rings is 1. The molecule has 0 unspecified atom stereocenters. The van der Waals surface area contributed by atoms with Gasteiger partial charge in [-0.1, -0.05) is 13.3 Å². The summed E-state index contributed by atoms with van der Waals surface area (Å²) < 4.78 is 9.72. The third-order valence-electron chi connectivity index (χ3n) is 3.92. The second-order valence-corrected chi connectivity index (χ2v) is 5.88. The van der Waals surface area contributed by atoms with Crippen molar-refractivity contribution in [3.63, 3.8) is 0 Å². The van der Waals surface area contributed by atoms with Crippen LogP contribution in [0.4, 0.5) is 0 Å². The molecule has 2 rings (SSSR count). The maximum Gasteiger partial charge on any atom is 0.375 e. The summed E-state index contributed by atoms with van der Waals surface area (Å²) in [6.45, 7) is 5.14. The van der Waals surface area contributed by atoms with Gasteiger partial charge < -0.3 is 14.3 Å². The fraction of sp³-hybridized carbons (Fsp3) is 0.368. The number of carbonyl (C=O) groups excluding carboxylic acids is 3. The van der Waals surface area contributed by atoms with Gasteiger partial charge in [-0.15, -0.1) is 0 Å². The van der Waals surface area contributed by atoms with E-state index in [-0.39, 0.29) is 23.5 Å². The first kappa shape index (κ1) is 19.4. The number of phenolic OH excluding ortho intramolecular Hbond substituents is 1. The number of carbonyl (C=O) groups is 3. The molecule has 0 spiro atoms. The van der Waals surface area contributed by atoms with Gasteiger partial charge in [0.2, 0.25) is 5.78 Å². The van der Waals surface area contributed by atoms with E-state index in [4.69, 9.17) is 4.42 Å². The number of phenols is 1. The molecule has 0 amide bonds. The number of hydrogen-bond donors (Lipinski definition) is 1. The van der Waals surface area contributed by atoms with E-state index in [9.17, 15) is 24.3 Å². The Balaban J connectivity index is 2.61. The van der Waals surface area contributed by atoms with E-state index in [0.29, 0.717) is 29.4 Å². The lowest BCUT2D eigenvalue weighted by Gasteiger charge is -2.12. The van der Waals surface area contributed by atoms with Crippen molar-refractivity contribution in [3.8, 4) is 5.75 Å². The van der Waals surface area contributed by atoms with Gasteiger partial charge in [-0.2, -0.15) is 0 Å². The van der Waals surface area contributed by atoms with Crippen molar-refractivity contribution in [2.45, 2.75) is 40.0 Å². The molecule has 1 heterocycles. The van der Waals surface area contributed by atoms with E-state index in [1.807, 2.05) is 6.92 Å². The van der Waals surface area contributed by atoms with E-state index >= 15 is 0 Å². The van der Waals surface area contributed by atoms with E-state index in [0.717, 1.165) is 0 Å². The Morgan fingerprint density at radius 3 is 2.50 bits per heavy atom. The SMILES string of the molecule is CCCc1cc2c(C)cc(=O)oc2c(C(=O)CC(=O)C(=O)OCC)c1O. The minimum absolute atomic E-state index is 0.00694. The normalized spacial score (nSPS) is 10.7. The van der Waals surface area contributed by atoms with E-state index in [2.05, 4.69) is 4.74 Å². The number of esters is 1. The van der Waals surface area contributed by atoms with Crippen LogP contribution in [0.25, 0.3) is 11.0 Å². The monoisotopic (exact) mass is 360 g/mol. The summed E-state index contributed by atoms with van der Waals surface area (Å²) >= 11 is 0. The zero-order valence-corrected chi connectivity index (χ0v) is 14.9. The van der Waals surface area contributed by atoms with Crippen LogP contribution in [-0.4, -0.2) is 29.2 Å². The highest BCUT2D eigenvalue weighted by Gasteiger charge is 2.26. The van der Waals surface area contributed by atoms with E-state index in [1.54, 1.807) is 13.0 Å². The first-order chi connectivity index (χ1) is 12.3. The average Bonchev–Trinajstić information content (AvgIpc) is 2.56. The van der Waals surface area contributed by atoms with Crippen molar-refractivity contribution in [2.75, 3.05) is 6.61 Å². The van der Waals surface area contributed by atoms with Gasteiger partial charge >= 0.3 is 11.6 Å². The van der Waals surface area contributed by atoms with Crippen LogP contribution in [-0.2, 0) is 20.7 Å². The van der Waals surface area contributed by atoms with Gasteiger partial charge in [0.1, 0.15) is 11.3 Å². The Morgan fingerprint density at radius 1 is 1.19 bits per heavy atom. The third-order valence-corrected chi connectivity index (χ3v) is 3.92. The first-order valence-electron chi connectivity index (χ1n) is 8.32. The predicted molar refractivity (Wildman–Crippen MR) is 93.5 cm³/mol. The van der Waals surface area contributed by atoms with Gasteiger partial charge in [0.05, 0.1) is 13.0 Å². The van der Waals surface area contributed by atoms with Crippen molar-refractivity contribution in [1.29, 1.82) is 0 Å². The molecule has 0 saturated heterocycles. The van der Waals surface area contributed by atoms with E-state index < -0.39 is 29.6 Å². The fourth-order valence-electron chi connectivity index (χ4n) is 2.73. The third kappa shape index (κ3) is 3.82. The summed E-state index contributed by atoms with van der Waals surface area (Å²) in [4.78, 5) is 47.7. The standard InChI is InChI=1S/C19H20O7/c1-4-6-11-8-12-10(3)7-15(22)26-18(12)16(17(11)23)13(20)9-14(21)19(24)25-5-2/h7-8,23H,4-6,9H2,1-3H3.